The summed E-state index contributed by atoms with van der Waals surface area (Å²) in [7, 11) is -2.59. The number of ketones is 1. The van der Waals surface area contributed by atoms with Gasteiger partial charge >= 0.3 is 8.80 Å². The highest BCUT2D eigenvalue weighted by Gasteiger charge is 2.35. The van der Waals surface area contributed by atoms with Gasteiger partial charge in [0.1, 0.15) is 0 Å². The Morgan fingerprint density at radius 3 is 2.00 bits per heavy atom. The van der Waals surface area contributed by atoms with Crippen molar-refractivity contribution in [3.8, 4) is 0 Å². The molecule has 0 saturated carbocycles. The fraction of sp³-hybridized carbons (Fsp3) is 0.700. The molecule has 0 N–H and O–H groups in total. The van der Waals surface area contributed by atoms with Crippen molar-refractivity contribution in [2.75, 3.05) is 13.2 Å². The molecule has 0 aromatic carbocycles. The molecule has 88 valence electrons. The smallest absolute Gasteiger partial charge is 0.507 e. The second-order valence-electron chi connectivity index (χ2n) is 3.20. The Labute approximate surface area is 92.6 Å². The van der Waals surface area contributed by atoms with Gasteiger partial charge in [0.25, 0.3) is 0 Å². The van der Waals surface area contributed by atoms with E-state index in [0.29, 0.717) is 18.8 Å². The number of allylic oxidation sites excluding steroid dienone is 1. The molecule has 0 aliphatic carbocycles. The lowest BCUT2D eigenvalue weighted by atomic mass is 10.2. The summed E-state index contributed by atoms with van der Waals surface area (Å²) in [5, 5.41) is 0. The molecule has 15 heavy (non-hydrogen) atoms. The monoisotopic (exact) mass is 232 g/mol. The van der Waals surface area contributed by atoms with Crippen LogP contribution in [0.15, 0.2) is 11.8 Å². The van der Waals surface area contributed by atoms with Gasteiger partial charge in [0.15, 0.2) is 5.78 Å². The number of carbonyl (C=O) groups excluding carboxylic acids is 1. The van der Waals surface area contributed by atoms with Crippen molar-refractivity contribution in [3.05, 3.63) is 11.8 Å². The fourth-order valence-electron chi connectivity index (χ4n) is 0.912. The van der Waals surface area contributed by atoms with Crippen molar-refractivity contribution >= 4 is 14.6 Å². The van der Waals surface area contributed by atoms with Gasteiger partial charge in [0, 0.05) is 25.3 Å². The van der Waals surface area contributed by atoms with Crippen molar-refractivity contribution < 1.29 is 18.1 Å². The van der Waals surface area contributed by atoms with Crippen molar-refractivity contribution in [2.24, 2.45) is 0 Å². The molecular formula is C10H20O4Si. The second kappa shape index (κ2) is 6.76. The molecule has 0 fully saturated rings. The minimum absolute atomic E-state index is 0.0145. The van der Waals surface area contributed by atoms with Crippen molar-refractivity contribution in [2.45, 2.75) is 34.2 Å². The number of Topliss-reactive ketones (excluding diaryl/α,β-unsaturated/α-hetero) is 1. The van der Waals surface area contributed by atoms with E-state index in [-0.39, 0.29) is 5.78 Å². The average Bonchev–Trinajstić information content (AvgIpc) is 2.15. The number of hydrogen-bond donors (Lipinski definition) is 0. The Kier molecular flexibility index (Phi) is 6.47. The fourth-order valence-corrected chi connectivity index (χ4v) is 2.57. The molecule has 0 heterocycles. The zero-order valence-electron chi connectivity index (χ0n) is 10.1. The van der Waals surface area contributed by atoms with Gasteiger partial charge in [-0.3, -0.25) is 4.79 Å². The SMILES string of the molecule is CCO[Si](C)(OC=C(C)C(C)=O)OCC. The lowest BCUT2D eigenvalue weighted by molar-refractivity contribution is -0.113. The maximum absolute atomic E-state index is 11.0. The first-order valence-corrected chi connectivity index (χ1v) is 7.31. The second-order valence-corrected chi connectivity index (χ2v) is 5.74. The number of hydrogen-bond acceptors (Lipinski definition) is 4. The molecule has 0 atom stereocenters. The average molecular weight is 232 g/mol. The molecule has 0 bridgehead atoms. The molecule has 0 amide bonds. The minimum Gasteiger partial charge on any atom is -0.507 e. The molecule has 4 nitrogen and oxygen atoms in total. The zero-order valence-corrected chi connectivity index (χ0v) is 11.1. The molecule has 0 spiro atoms. The van der Waals surface area contributed by atoms with E-state index in [1.807, 2.05) is 20.4 Å². The van der Waals surface area contributed by atoms with E-state index in [9.17, 15) is 4.79 Å². The minimum atomic E-state index is -2.59. The summed E-state index contributed by atoms with van der Waals surface area (Å²) in [5.74, 6) is -0.0145. The van der Waals surface area contributed by atoms with Crippen LogP contribution < -0.4 is 0 Å². The van der Waals surface area contributed by atoms with Gasteiger partial charge in [0.05, 0.1) is 6.26 Å². The van der Waals surface area contributed by atoms with E-state index < -0.39 is 8.80 Å². The highest BCUT2D eigenvalue weighted by molar-refractivity contribution is 6.59. The topological polar surface area (TPSA) is 44.8 Å². The highest BCUT2D eigenvalue weighted by atomic mass is 28.4. The predicted octanol–water partition coefficient (Wildman–Crippen LogP) is 2.14. The van der Waals surface area contributed by atoms with Crippen molar-refractivity contribution in [3.63, 3.8) is 0 Å². The molecule has 0 radical (unpaired) electrons. The van der Waals surface area contributed by atoms with Crippen molar-refractivity contribution in [1.82, 2.24) is 0 Å². The van der Waals surface area contributed by atoms with Gasteiger partial charge in [0.2, 0.25) is 0 Å². The summed E-state index contributed by atoms with van der Waals surface area (Å²) >= 11 is 0. The summed E-state index contributed by atoms with van der Waals surface area (Å²) in [5.41, 5.74) is 0.563. The van der Waals surface area contributed by atoms with Crippen molar-refractivity contribution in [1.29, 1.82) is 0 Å². The summed E-state index contributed by atoms with van der Waals surface area (Å²) in [6.45, 7) is 9.85. The lowest BCUT2D eigenvalue weighted by Crippen LogP contribution is -2.41. The Hall–Kier alpha value is -0.653. The van der Waals surface area contributed by atoms with Gasteiger partial charge < -0.3 is 13.3 Å². The van der Waals surface area contributed by atoms with E-state index in [1.165, 1.54) is 13.2 Å². The van der Waals surface area contributed by atoms with Gasteiger partial charge in [-0.1, -0.05) is 0 Å². The van der Waals surface area contributed by atoms with Crippen LogP contribution in [-0.4, -0.2) is 27.8 Å². The van der Waals surface area contributed by atoms with Gasteiger partial charge in [-0.25, -0.2) is 0 Å². The molecule has 0 aromatic heterocycles. The van der Waals surface area contributed by atoms with Crippen LogP contribution in [0.5, 0.6) is 0 Å². The molecule has 0 aliphatic rings. The standard InChI is InChI=1S/C10H20O4Si/c1-6-12-15(5,13-7-2)14-8-9(3)10(4)11/h8H,6-7H2,1-5H3. The van der Waals surface area contributed by atoms with E-state index >= 15 is 0 Å². The van der Waals surface area contributed by atoms with Crippen LogP contribution in [0.2, 0.25) is 6.55 Å². The van der Waals surface area contributed by atoms with Crippen LogP contribution in [0, 0.1) is 0 Å². The molecule has 5 heteroatoms. The Morgan fingerprint density at radius 1 is 1.20 bits per heavy atom. The third kappa shape index (κ3) is 5.71. The first-order valence-electron chi connectivity index (χ1n) is 5.08. The van der Waals surface area contributed by atoms with Crippen LogP contribution >= 0.6 is 0 Å². The summed E-state index contributed by atoms with van der Waals surface area (Å²) < 4.78 is 16.3. The Bertz CT molecular complexity index is 232. The Morgan fingerprint density at radius 2 is 1.67 bits per heavy atom. The predicted molar refractivity (Wildman–Crippen MR) is 60.4 cm³/mol. The Balaban J connectivity index is 4.41. The maximum atomic E-state index is 11.0. The lowest BCUT2D eigenvalue weighted by Gasteiger charge is -2.23. The third-order valence-corrected chi connectivity index (χ3v) is 3.99. The first kappa shape index (κ1) is 14.3. The van der Waals surface area contributed by atoms with Gasteiger partial charge in [-0.2, -0.15) is 0 Å². The maximum Gasteiger partial charge on any atom is 0.562 e. The third-order valence-electron chi connectivity index (χ3n) is 1.82. The quantitative estimate of drug-likeness (QED) is 0.383. The molecule has 0 unspecified atom stereocenters. The van der Waals surface area contributed by atoms with Crippen LogP contribution in [0.1, 0.15) is 27.7 Å². The summed E-state index contributed by atoms with van der Waals surface area (Å²) in [6.07, 6.45) is 1.43. The van der Waals surface area contributed by atoms with E-state index in [2.05, 4.69) is 0 Å². The van der Waals surface area contributed by atoms with E-state index in [0.717, 1.165) is 0 Å². The van der Waals surface area contributed by atoms with E-state index in [1.54, 1.807) is 6.92 Å². The molecule has 0 rings (SSSR count). The van der Waals surface area contributed by atoms with Crippen LogP contribution in [0.4, 0.5) is 0 Å². The highest BCUT2D eigenvalue weighted by Crippen LogP contribution is 2.11. The normalized spacial score (nSPS) is 12.7. The number of rotatable bonds is 7. The molecule has 0 aromatic rings. The van der Waals surface area contributed by atoms with Gasteiger partial charge in [-0.15, -0.1) is 0 Å². The van der Waals surface area contributed by atoms with Gasteiger partial charge in [-0.05, 0) is 27.7 Å². The first-order chi connectivity index (χ1) is 6.95. The zero-order chi connectivity index (χ0) is 11.9. The summed E-state index contributed by atoms with van der Waals surface area (Å²) in [4.78, 5) is 11.0. The molecular weight excluding hydrogens is 212 g/mol. The molecule has 0 aliphatic heterocycles. The van der Waals surface area contributed by atoms with Crippen LogP contribution in [-0.2, 0) is 18.1 Å². The van der Waals surface area contributed by atoms with Crippen LogP contribution in [0.3, 0.4) is 0 Å². The molecule has 0 saturated heterocycles. The van der Waals surface area contributed by atoms with Crippen LogP contribution in [0.25, 0.3) is 0 Å². The number of carbonyl (C=O) groups is 1. The summed E-state index contributed by atoms with van der Waals surface area (Å²) in [6, 6.07) is 0. The largest absolute Gasteiger partial charge is 0.562 e. The van der Waals surface area contributed by atoms with E-state index in [4.69, 9.17) is 13.3 Å².